The Balaban J connectivity index is 2.17. The van der Waals surface area contributed by atoms with Gasteiger partial charge in [0.2, 0.25) is 5.91 Å². The van der Waals surface area contributed by atoms with Gasteiger partial charge in [0.15, 0.2) is 0 Å². The van der Waals surface area contributed by atoms with Crippen LogP contribution in [0.25, 0.3) is 0 Å². The smallest absolute Gasteiger partial charge is 0.222 e. The molecule has 1 saturated heterocycles. The molecule has 0 aromatic heterocycles. The molecular formula is C12H20N2O. The molecule has 1 aliphatic heterocycles. The zero-order valence-electron chi connectivity index (χ0n) is 9.75. The van der Waals surface area contributed by atoms with Gasteiger partial charge >= 0.3 is 0 Å². The topological polar surface area (TPSA) is 23.6 Å². The van der Waals surface area contributed by atoms with Crippen LogP contribution in [0.5, 0.6) is 0 Å². The SMILES string of the molecule is CCC(=O)N(C)CC#CCN1CCCC1. The Morgan fingerprint density at radius 2 is 2.00 bits per heavy atom. The van der Waals surface area contributed by atoms with Crippen molar-refractivity contribution in [3.63, 3.8) is 0 Å². The third kappa shape index (κ3) is 4.35. The molecule has 1 aliphatic rings. The highest BCUT2D eigenvalue weighted by Gasteiger charge is 2.08. The minimum Gasteiger partial charge on any atom is -0.335 e. The van der Waals surface area contributed by atoms with E-state index < -0.39 is 0 Å². The maximum absolute atomic E-state index is 11.2. The van der Waals surface area contributed by atoms with Crippen LogP contribution in [0.1, 0.15) is 26.2 Å². The first-order valence-electron chi connectivity index (χ1n) is 5.66. The van der Waals surface area contributed by atoms with E-state index in [0.717, 1.165) is 6.54 Å². The maximum atomic E-state index is 11.2. The van der Waals surface area contributed by atoms with Crippen LogP contribution in [0.3, 0.4) is 0 Å². The highest BCUT2D eigenvalue weighted by Crippen LogP contribution is 2.05. The molecule has 0 aromatic carbocycles. The number of carbonyl (C=O) groups is 1. The van der Waals surface area contributed by atoms with Gasteiger partial charge in [-0.2, -0.15) is 0 Å². The Hall–Kier alpha value is -1.01. The second kappa shape index (κ2) is 6.47. The lowest BCUT2D eigenvalue weighted by Gasteiger charge is -2.12. The normalized spacial score (nSPS) is 15.9. The molecule has 1 amide bonds. The van der Waals surface area contributed by atoms with Crippen molar-refractivity contribution in [3.8, 4) is 11.8 Å². The van der Waals surface area contributed by atoms with Crippen LogP contribution >= 0.6 is 0 Å². The average Bonchev–Trinajstić information content (AvgIpc) is 2.75. The zero-order chi connectivity index (χ0) is 11.1. The van der Waals surface area contributed by atoms with Crippen molar-refractivity contribution in [2.45, 2.75) is 26.2 Å². The zero-order valence-corrected chi connectivity index (χ0v) is 9.75. The molecular weight excluding hydrogens is 188 g/mol. The lowest BCUT2D eigenvalue weighted by Crippen LogP contribution is -2.26. The Morgan fingerprint density at radius 3 is 2.60 bits per heavy atom. The van der Waals surface area contributed by atoms with Gasteiger partial charge in [-0.15, -0.1) is 0 Å². The van der Waals surface area contributed by atoms with E-state index in [9.17, 15) is 4.79 Å². The third-order valence-electron chi connectivity index (χ3n) is 2.67. The number of likely N-dealkylation sites (tertiary alicyclic amines) is 1. The number of rotatable bonds is 3. The van der Waals surface area contributed by atoms with Crippen LogP contribution in [0.2, 0.25) is 0 Å². The molecule has 0 aromatic rings. The molecule has 0 aliphatic carbocycles. The molecule has 1 heterocycles. The van der Waals surface area contributed by atoms with Crippen LogP contribution in [-0.4, -0.2) is 48.9 Å². The Labute approximate surface area is 92.4 Å². The molecule has 3 heteroatoms. The van der Waals surface area contributed by atoms with Gasteiger partial charge in [-0.05, 0) is 25.9 Å². The van der Waals surface area contributed by atoms with Crippen LogP contribution in [0, 0.1) is 11.8 Å². The molecule has 0 radical (unpaired) electrons. The molecule has 0 N–H and O–H groups in total. The fourth-order valence-electron chi connectivity index (χ4n) is 1.64. The largest absolute Gasteiger partial charge is 0.335 e. The van der Waals surface area contributed by atoms with Crippen molar-refractivity contribution in [1.82, 2.24) is 9.80 Å². The summed E-state index contributed by atoms with van der Waals surface area (Å²) in [5.41, 5.74) is 0. The molecule has 0 unspecified atom stereocenters. The Kier molecular flexibility index (Phi) is 5.20. The fourth-order valence-corrected chi connectivity index (χ4v) is 1.64. The summed E-state index contributed by atoms with van der Waals surface area (Å²) in [6, 6.07) is 0. The second-order valence-corrected chi connectivity index (χ2v) is 3.94. The van der Waals surface area contributed by atoms with E-state index in [-0.39, 0.29) is 5.91 Å². The van der Waals surface area contributed by atoms with E-state index in [4.69, 9.17) is 0 Å². The molecule has 0 atom stereocenters. The first-order valence-corrected chi connectivity index (χ1v) is 5.66. The first kappa shape index (κ1) is 12.1. The van der Waals surface area contributed by atoms with Crippen molar-refractivity contribution >= 4 is 5.91 Å². The van der Waals surface area contributed by atoms with Crippen LogP contribution in [-0.2, 0) is 4.79 Å². The molecule has 1 rings (SSSR count). The number of carbonyl (C=O) groups excluding carboxylic acids is 1. The van der Waals surface area contributed by atoms with Crippen molar-refractivity contribution in [2.75, 3.05) is 33.2 Å². The fraction of sp³-hybridized carbons (Fsp3) is 0.750. The van der Waals surface area contributed by atoms with Gasteiger partial charge in [0.1, 0.15) is 0 Å². The highest BCUT2D eigenvalue weighted by molar-refractivity contribution is 5.75. The summed E-state index contributed by atoms with van der Waals surface area (Å²) >= 11 is 0. The molecule has 3 nitrogen and oxygen atoms in total. The minimum atomic E-state index is 0.158. The lowest BCUT2D eigenvalue weighted by atomic mass is 10.4. The Morgan fingerprint density at radius 1 is 1.33 bits per heavy atom. The second-order valence-electron chi connectivity index (χ2n) is 3.94. The van der Waals surface area contributed by atoms with Gasteiger partial charge in [0, 0.05) is 13.5 Å². The van der Waals surface area contributed by atoms with Gasteiger partial charge < -0.3 is 4.90 Å². The third-order valence-corrected chi connectivity index (χ3v) is 2.67. The predicted octanol–water partition coefficient (Wildman–Crippen LogP) is 0.954. The molecule has 0 spiro atoms. The first-order chi connectivity index (χ1) is 7.24. The van der Waals surface area contributed by atoms with Gasteiger partial charge in [0.05, 0.1) is 13.1 Å². The molecule has 84 valence electrons. The van der Waals surface area contributed by atoms with Gasteiger partial charge in [-0.1, -0.05) is 18.8 Å². The van der Waals surface area contributed by atoms with E-state index in [0.29, 0.717) is 13.0 Å². The van der Waals surface area contributed by atoms with Crippen molar-refractivity contribution in [1.29, 1.82) is 0 Å². The monoisotopic (exact) mass is 208 g/mol. The van der Waals surface area contributed by atoms with Gasteiger partial charge in [0.25, 0.3) is 0 Å². The summed E-state index contributed by atoms with van der Waals surface area (Å²) in [4.78, 5) is 15.2. The summed E-state index contributed by atoms with van der Waals surface area (Å²) < 4.78 is 0. The number of hydrogen-bond donors (Lipinski definition) is 0. The highest BCUT2D eigenvalue weighted by atomic mass is 16.2. The number of amides is 1. The standard InChI is InChI=1S/C12H20N2O/c1-3-12(15)13(2)8-4-5-9-14-10-6-7-11-14/h3,6-11H2,1-2H3. The van der Waals surface area contributed by atoms with Crippen LogP contribution in [0.4, 0.5) is 0 Å². The number of hydrogen-bond acceptors (Lipinski definition) is 2. The van der Waals surface area contributed by atoms with Gasteiger partial charge in [-0.3, -0.25) is 9.69 Å². The van der Waals surface area contributed by atoms with E-state index in [1.807, 2.05) is 6.92 Å². The van der Waals surface area contributed by atoms with Crippen LogP contribution < -0.4 is 0 Å². The molecule has 1 fully saturated rings. The molecule has 0 bridgehead atoms. The summed E-state index contributed by atoms with van der Waals surface area (Å²) in [6.45, 7) is 5.64. The maximum Gasteiger partial charge on any atom is 0.222 e. The summed E-state index contributed by atoms with van der Waals surface area (Å²) in [5.74, 6) is 6.32. The quantitative estimate of drug-likeness (QED) is 0.645. The van der Waals surface area contributed by atoms with Gasteiger partial charge in [-0.25, -0.2) is 0 Å². The van der Waals surface area contributed by atoms with E-state index in [2.05, 4.69) is 16.7 Å². The summed E-state index contributed by atoms with van der Waals surface area (Å²) in [5, 5.41) is 0. The average molecular weight is 208 g/mol. The predicted molar refractivity (Wildman–Crippen MR) is 61.4 cm³/mol. The Bertz CT molecular complexity index is 259. The number of nitrogens with zero attached hydrogens (tertiary/aromatic N) is 2. The lowest BCUT2D eigenvalue weighted by molar-refractivity contribution is -0.128. The van der Waals surface area contributed by atoms with Crippen molar-refractivity contribution in [2.24, 2.45) is 0 Å². The summed E-state index contributed by atoms with van der Waals surface area (Å²) in [7, 11) is 1.80. The van der Waals surface area contributed by atoms with E-state index in [1.54, 1.807) is 11.9 Å². The van der Waals surface area contributed by atoms with Crippen molar-refractivity contribution < 1.29 is 4.79 Å². The summed E-state index contributed by atoms with van der Waals surface area (Å²) in [6.07, 6.45) is 3.16. The van der Waals surface area contributed by atoms with Crippen molar-refractivity contribution in [3.05, 3.63) is 0 Å². The van der Waals surface area contributed by atoms with Crippen LogP contribution in [0.15, 0.2) is 0 Å². The van der Waals surface area contributed by atoms with E-state index >= 15 is 0 Å². The minimum absolute atomic E-state index is 0.158. The molecule has 15 heavy (non-hydrogen) atoms. The van der Waals surface area contributed by atoms with E-state index in [1.165, 1.54) is 25.9 Å². The molecule has 0 saturated carbocycles.